The molecule has 1 aliphatic rings. The Hall–Kier alpha value is -2.65. The number of nitrogens with zero attached hydrogens (tertiary/aromatic N) is 1. The lowest BCUT2D eigenvalue weighted by molar-refractivity contribution is -0.149. The highest BCUT2D eigenvalue weighted by atomic mass is 35.5. The Bertz CT molecular complexity index is 970. The molecule has 1 heterocycles. The zero-order chi connectivity index (χ0) is 24.0. The van der Waals surface area contributed by atoms with Crippen LogP contribution in [0.15, 0.2) is 48.5 Å². The number of aliphatic hydroxyl groups is 1. The number of carboxylic acids is 1. The average molecular weight is 477 g/mol. The summed E-state index contributed by atoms with van der Waals surface area (Å²) in [4.78, 5) is 25.1. The molecule has 1 aliphatic heterocycles. The highest BCUT2D eigenvalue weighted by molar-refractivity contribution is 6.30. The zero-order valence-corrected chi connectivity index (χ0v) is 19.4. The van der Waals surface area contributed by atoms with Gasteiger partial charge >= 0.3 is 5.97 Å². The standard InChI is InChI=1S/C24H29ClN2O6/c1-16(28)26-21-5-3-4-6-22(21)33-15-19(29)12-27-13-20(11-24(27,2)23(30)31)32-14-17-7-9-18(25)10-8-17/h3-10,19-20,29H,11-15H2,1-2H3,(H,26,28)(H,30,31)/t19?,20-,24+/m1/s1. The van der Waals surface area contributed by atoms with E-state index in [-0.39, 0.29) is 25.2 Å². The van der Waals surface area contributed by atoms with Crippen LogP contribution in [0.2, 0.25) is 5.02 Å². The van der Waals surface area contributed by atoms with Crippen molar-refractivity contribution in [3.8, 4) is 5.75 Å². The molecule has 0 bridgehead atoms. The Balaban J connectivity index is 1.58. The summed E-state index contributed by atoms with van der Waals surface area (Å²) in [6.07, 6.45) is -0.936. The average Bonchev–Trinajstić information content (AvgIpc) is 3.09. The van der Waals surface area contributed by atoms with Crippen molar-refractivity contribution in [2.75, 3.05) is 25.0 Å². The van der Waals surface area contributed by atoms with Crippen LogP contribution >= 0.6 is 11.6 Å². The molecule has 3 N–H and O–H groups in total. The van der Waals surface area contributed by atoms with Crippen molar-refractivity contribution in [3.05, 3.63) is 59.1 Å². The quantitative estimate of drug-likeness (QED) is 0.483. The number of carbonyl (C=O) groups excluding carboxylic acids is 1. The van der Waals surface area contributed by atoms with E-state index in [0.29, 0.717) is 36.0 Å². The summed E-state index contributed by atoms with van der Waals surface area (Å²) < 4.78 is 11.7. The number of hydrogen-bond donors (Lipinski definition) is 3. The number of aliphatic hydroxyl groups excluding tert-OH is 1. The molecule has 1 fully saturated rings. The fraction of sp³-hybridized carbons (Fsp3) is 0.417. The van der Waals surface area contributed by atoms with Crippen molar-refractivity contribution in [2.45, 2.75) is 44.6 Å². The second kappa shape index (κ2) is 11.0. The molecular weight excluding hydrogens is 448 g/mol. The van der Waals surface area contributed by atoms with Crippen LogP contribution in [-0.4, -0.2) is 64.4 Å². The van der Waals surface area contributed by atoms with Crippen LogP contribution in [0.5, 0.6) is 5.75 Å². The molecule has 1 amide bonds. The Labute approximate surface area is 198 Å². The van der Waals surface area contributed by atoms with Crippen LogP contribution in [-0.2, 0) is 20.9 Å². The molecule has 0 radical (unpaired) electrons. The number of carbonyl (C=O) groups is 2. The van der Waals surface area contributed by atoms with Gasteiger partial charge in [0.15, 0.2) is 0 Å². The van der Waals surface area contributed by atoms with Gasteiger partial charge < -0.3 is 25.0 Å². The van der Waals surface area contributed by atoms with E-state index in [4.69, 9.17) is 21.1 Å². The van der Waals surface area contributed by atoms with Crippen LogP contribution in [0, 0.1) is 0 Å². The molecule has 2 aromatic carbocycles. The highest BCUT2D eigenvalue weighted by Crippen LogP contribution is 2.32. The molecule has 3 rings (SSSR count). The van der Waals surface area contributed by atoms with E-state index >= 15 is 0 Å². The molecule has 8 nitrogen and oxygen atoms in total. The smallest absolute Gasteiger partial charge is 0.323 e. The molecule has 1 unspecified atom stereocenters. The third kappa shape index (κ3) is 6.68. The number of halogens is 1. The first-order chi connectivity index (χ1) is 15.7. The van der Waals surface area contributed by atoms with Crippen molar-refractivity contribution >= 4 is 29.2 Å². The number of carboxylic acid groups (broad SMARTS) is 1. The molecule has 0 saturated carbocycles. The maximum atomic E-state index is 12.0. The minimum Gasteiger partial charge on any atom is -0.489 e. The zero-order valence-electron chi connectivity index (χ0n) is 18.7. The van der Waals surface area contributed by atoms with Crippen LogP contribution < -0.4 is 10.1 Å². The number of ether oxygens (including phenoxy) is 2. The number of rotatable bonds is 10. The van der Waals surface area contributed by atoms with E-state index in [1.165, 1.54) is 6.92 Å². The number of likely N-dealkylation sites (tertiary alicyclic amines) is 1. The summed E-state index contributed by atoms with van der Waals surface area (Å²) in [6.45, 7) is 3.80. The van der Waals surface area contributed by atoms with Gasteiger partial charge in [0.2, 0.25) is 5.91 Å². The predicted octanol–water partition coefficient (Wildman–Crippen LogP) is 3.17. The van der Waals surface area contributed by atoms with E-state index in [2.05, 4.69) is 5.32 Å². The topological polar surface area (TPSA) is 108 Å². The third-order valence-corrected chi connectivity index (χ3v) is 5.92. The van der Waals surface area contributed by atoms with Gasteiger partial charge in [-0.3, -0.25) is 14.5 Å². The summed E-state index contributed by atoms with van der Waals surface area (Å²) in [5.41, 5.74) is 0.283. The minimum absolute atomic E-state index is 0.0565. The molecule has 9 heteroatoms. The molecule has 33 heavy (non-hydrogen) atoms. The van der Waals surface area contributed by atoms with E-state index in [1.54, 1.807) is 48.2 Å². The summed E-state index contributed by atoms with van der Waals surface area (Å²) in [5.74, 6) is -0.770. The lowest BCUT2D eigenvalue weighted by Gasteiger charge is -2.32. The number of hydrogen-bond acceptors (Lipinski definition) is 6. The lowest BCUT2D eigenvalue weighted by atomic mass is 9.98. The molecule has 0 aliphatic carbocycles. The van der Waals surface area contributed by atoms with E-state index in [0.717, 1.165) is 5.56 Å². The minimum atomic E-state index is -1.17. The largest absolute Gasteiger partial charge is 0.489 e. The van der Waals surface area contributed by atoms with Crippen LogP contribution in [0.25, 0.3) is 0 Å². The first-order valence-electron chi connectivity index (χ1n) is 10.7. The maximum Gasteiger partial charge on any atom is 0.323 e. The predicted molar refractivity (Wildman–Crippen MR) is 125 cm³/mol. The van der Waals surface area contributed by atoms with Gasteiger partial charge in [-0.05, 0) is 36.8 Å². The van der Waals surface area contributed by atoms with E-state index < -0.39 is 17.6 Å². The van der Waals surface area contributed by atoms with Crippen molar-refractivity contribution in [2.24, 2.45) is 0 Å². The number of aliphatic carboxylic acids is 1. The monoisotopic (exact) mass is 476 g/mol. The van der Waals surface area contributed by atoms with Crippen molar-refractivity contribution in [3.63, 3.8) is 0 Å². The Morgan fingerprint density at radius 1 is 1.24 bits per heavy atom. The number of nitrogens with one attached hydrogen (secondary N) is 1. The van der Waals surface area contributed by atoms with Crippen molar-refractivity contribution in [1.82, 2.24) is 4.90 Å². The lowest BCUT2D eigenvalue weighted by Crippen LogP contribution is -2.51. The molecule has 2 aromatic rings. The molecular formula is C24H29ClN2O6. The van der Waals surface area contributed by atoms with Gasteiger partial charge in [0.05, 0.1) is 18.4 Å². The van der Waals surface area contributed by atoms with Crippen LogP contribution in [0.3, 0.4) is 0 Å². The number of anilines is 1. The Kier molecular flexibility index (Phi) is 8.31. The van der Waals surface area contributed by atoms with E-state index in [1.807, 2.05) is 12.1 Å². The Morgan fingerprint density at radius 2 is 1.94 bits per heavy atom. The SMILES string of the molecule is CC(=O)Nc1ccccc1OCC(O)CN1C[C@H](OCc2ccc(Cl)cc2)C[C@@]1(C)C(=O)O. The molecule has 3 atom stereocenters. The summed E-state index contributed by atoms with van der Waals surface area (Å²) in [7, 11) is 0. The summed E-state index contributed by atoms with van der Waals surface area (Å²) in [5, 5.41) is 23.7. The van der Waals surface area contributed by atoms with Crippen molar-refractivity contribution in [1.29, 1.82) is 0 Å². The second-order valence-electron chi connectivity index (χ2n) is 8.39. The first kappa shape index (κ1) is 25.0. The fourth-order valence-corrected chi connectivity index (χ4v) is 3.99. The summed E-state index contributed by atoms with van der Waals surface area (Å²) in [6, 6.07) is 14.2. The molecule has 178 valence electrons. The third-order valence-electron chi connectivity index (χ3n) is 5.67. The van der Waals surface area contributed by atoms with Gasteiger partial charge in [0.1, 0.15) is 24.0 Å². The normalized spacial score (nSPS) is 21.5. The van der Waals surface area contributed by atoms with Gasteiger partial charge in [-0.1, -0.05) is 35.9 Å². The molecule has 1 saturated heterocycles. The van der Waals surface area contributed by atoms with Crippen LogP contribution in [0.4, 0.5) is 5.69 Å². The van der Waals surface area contributed by atoms with Crippen LogP contribution in [0.1, 0.15) is 25.8 Å². The van der Waals surface area contributed by atoms with Gasteiger partial charge in [0, 0.05) is 31.5 Å². The van der Waals surface area contributed by atoms with Gasteiger partial charge in [0.25, 0.3) is 0 Å². The second-order valence-corrected chi connectivity index (χ2v) is 8.83. The first-order valence-corrected chi connectivity index (χ1v) is 11.1. The number of benzene rings is 2. The van der Waals surface area contributed by atoms with Crippen molar-refractivity contribution < 1.29 is 29.3 Å². The number of β-amino-alcohol motifs (C(OH)–C–C–N with tert-alkyl or cyclic N) is 1. The maximum absolute atomic E-state index is 12.0. The highest BCUT2D eigenvalue weighted by Gasteiger charge is 2.48. The Morgan fingerprint density at radius 3 is 2.61 bits per heavy atom. The molecule has 0 aromatic heterocycles. The van der Waals surface area contributed by atoms with Gasteiger partial charge in [-0.25, -0.2) is 0 Å². The number of para-hydroxylation sites is 2. The molecule has 0 spiro atoms. The van der Waals surface area contributed by atoms with Gasteiger partial charge in [-0.2, -0.15) is 0 Å². The van der Waals surface area contributed by atoms with E-state index in [9.17, 15) is 19.8 Å². The van der Waals surface area contributed by atoms with Gasteiger partial charge in [-0.15, -0.1) is 0 Å². The number of amides is 1. The summed E-state index contributed by atoms with van der Waals surface area (Å²) >= 11 is 5.91. The fourth-order valence-electron chi connectivity index (χ4n) is 3.87.